The molecule has 1 fully saturated rings. The number of hydrogen-bond acceptors (Lipinski definition) is 3. The third-order valence-corrected chi connectivity index (χ3v) is 3.00. The van der Waals surface area contributed by atoms with Crippen molar-refractivity contribution in [1.29, 1.82) is 0 Å². The molecular weight excluding hydrogens is 162 g/mol. The molecule has 0 spiro atoms. The fourth-order valence-electron chi connectivity index (χ4n) is 2.07. The second kappa shape index (κ2) is 2.77. The molecule has 0 aliphatic heterocycles. The van der Waals surface area contributed by atoms with E-state index < -0.39 is 0 Å². The summed E-state index contributed by atoms with van der Waals surface area (Å²) in [6.45, 7) is 4.81. The first kappa shape index (κ1) is 8.63. The van der Waals surface area contributed by atoms with Crippen LogP contribution in [0.25, 0.3) is 0 Å². The van der Waals surface area contributed by atoms with Crippen molar-refractivity contribution < 1.29 is 0 Å². The Morgan fingerprint density at radius 1 is 1.31 bits per heavy atom. The Bertz CT molecular complexity index is 309. The quantitative estimate of drug-likeness (QED) is 0.735. The normalized spacial score (nSPS) is 18.7. The molecule has 1 heterocycles. The molecule has 1 saturated carbocycles. The lowest BCUT2D eigenvalue weighted by molar-refractivity contribution is 0.679. The van der Waals surface area contributed by atoms with Crippen LogP contribution in [0.2, 0.25) is 0 Å². The summed E-state index contributed by atoms with van der Waals surface area (Å²) >= 11 is 0. The van der Waals surface area contributed by atoms with E-state index in [0.29, 0.717) is 0 Å². The first-order valence-corrected chi connectivity index (χ1v) is 4.68. The van der Waals surface area contributed by atoms with Crippen molar-refractivity contribution in [3.05, 3.63) is 23.3 Å². The van der Waals surface area contributed by atoms with Gasteiger partial charge in [-0.1, -0.05) is 0 Å². The van der Waals surface area contributed by atoms with E-state index in [1.807, 2.05) is 13.8 Å². The van der Waals surface area contributed by atoms with Gasteiger partial charge in [0.25, 0.3) is 0 Å². The predicted molar refractivity (Wildman–Crippen MR) is 51.5 cm³/mol. The van der Waals surface area contributed by atoms with Crippen LogP contribution >= 0.6 is 0 Å². The molecule has 1 aromatic heterocycles. The van der Waals surface area contributed by atoms with E-state index in [1.54, 1.807) is 6.33 Å². The summed E-state index contributed by atoms with van der Waals surface area (Å²) in [5, 5.41) is 0. The monoisotopic (exact) mass is 177 g/mol. The average Bonchev–Trinajstić information content (AvgIpc) is 2.85. The van der Waals surface area contributed by atoms with Gasteiger partial charge in [-0.05, 0) is 26.7 Å². The summed E-state index contributed by atoms with van der Waals surface area (Å²) in [4.78, 5) is 8.46. The molecule has 0 radical (unpaired) electrons. The summed E-state index contributed by atoms with van der Waals surface area (Å²) in [5.74, 6) is 0. The summed E-state index contributed by atoms with van der Waals surface area (Å²) in [7, 11) is 0. The molecule has 3 nitrogen and oxygen atoms in total. The second-order valence-corrected chi connectivity index (χ2v) is 3.90. The Labute approximate surface area is 78.4 Å². The fourth-order valence-corrected chi connectivity index (χ4v) is 2.07. The zero-order chi connectivity index (χ0) is 9.47. The van der Waals surface area contributed by atoms with Crippen molar-refractivity contribution in [3.8, 4) is 0 Å². The summed E-state index contributed by atoms with van der Waals surface area (Å²) in [6.07, 6.45) is 4.01. The van der Waals surface area contributed by atoms with Crippen molar-refractivity contribution in [2.45, 2.75) is 32.1 Å². The van der Waals surface area contributed by atoms with E-state index in [1.165, 1.54) is 18.4 Å². The first-order valence-electron chi connectivity index (χ1n) is 4.68. The summed E-state index contributed by atoms with van der Waals surface area (Å²) < 4.78 is 0. The first-order chi connectivity index (χ1) is 6.19. The van der Waals surface area contributed by atoms with Crippen LogP contribution in [0.3, 0.4) is 0 Å². The maximum Gasteiger partial charge on any atom is 0.115 e. The molecule has 0 atom stereocenters. The van der Waals surface area contributed by atoms with Crippen LogP contribution in [-0.4, -0.2) is 16.5 Å². The molecule has 0 bridgehead atoms. The van der Waals surface area contributed by atoms with Crippen molar-refractivity contribution in [2.75, 3.05) is 6.54 Å². The number of nitrogens with zero attached hydrogens (tertiary/aromatic N) is 2. The summed E-state index contributed by atoms with van der Waals surface area (Å²) in [6, 6.07) is 0. The topological polar surface area (TPSA) is 51.8 Å². The Morgan fingerprint density at radius 2 is 1.85 bits per heavy atom. The largest absolute Gasteiger partial charge is 0.330 e. The lowest BCUT2D eigenvalue weighted by atomic mass is 9.93. The lowest BCUT2D eigenvalue weighted by Gasteiger charge is -2.16. The maximum atomic E-state index is 5.78. The second-order valence-electron chi connectivity index (χ2n) is 3.90. The van der Waals surface area contributed by atoms with Crippen LogP contribution in [0.5, 0.6) is 0 Å². The van der Waals surface area contributed by atoms with Gasteiger partial charge in [-0.3, -0.25) is 0 Å². The molecule has 3 heteroatoms. The van der Waals surface area contributed by atoms with E-state index in [-0.39, 0.29) is 5.41 Å². The smallest absolute Gasteiger partial charge is 0.115 e. The molecule has 1 aliphatic rings. The molecule has 2 rings (SSSR count). The zero-order valence-corrected chi connectivity index (χ0v) is 8.17. The van der Waals surface area contributed by atoms with Crippen molar-refractivity contribution >= 4 is 0 Å². The number of nitrogens with two attached hydrogens (primary N) is 1. The van der Waals surface area contributed by atoms with Crippen molar-refractivity contribution in [3.63, 3.8) is 0 Å². The average molecular weight is 177 g/mol. The van der Waals surface area contributed by atoms with E-state index in [2.05, 4.69) is 9.97 Å². The predicted octanol–water partition coefficient (Wildman–Crippen LogP) is 1.08. The van der Waals surface area contributed by atoms with Crippen LogP contribution in [0.4, 0.5) is 0 Å². The van der Waals surface area contributed by atoms with E-state index in [0.717, 1.165) is 17.9 Å². The highest BCUT2D eigenvalue weighted by Gasteiger charge is 2.45. The van der Waals surface area contributed by atoms with Crippen molar-refractivity contribution in [2.24, 2.45) is 5.73 Å². The fraction of sp³-hybridized carbons (Fsp3) is 0.600. The summed E-state index contributed by atoms with van der Waals surface area (Å²) in [5.41, 5.74) is 9.48. The van der Waals surface area contributed by atoms with Gasteiger partial charge in [0.1, 0.15) is 6.33 Å². The molecule has 0 aromatic carbocycles. The zero-order valence-electron chi connectivity index (χ0n) is 8.17. The number of rotatable bonds is 2. The number of aryl methyl sites for hydroxylation is 2. The molecule has 1 aliphatic carbocycles. The highest BCUT2D eigenvalue weighted by Crippen LogP contribution is 2.48. The van der Waals surface area contributed by atoms with E-state index in [4.69, 9.17) is 5.73 Å². The van der Waals surface area contributed by atoms with Gasteiger partial charge in [0.05, 0.1) is 0 Å². The Kier molecular flexibility index (Phi) is 1.84. The van der Waals surface area contributed by atoms with Crippen LogP contribution in [0.15, 0.2) is 6.33 Å². The molecule has 0 amide bonds. The van der Waals surface area contributed by atoms with Crippen LogP contribution in [0.1, 0.15) is 29.8 Å². The SMILES string of the molecule is Cc1ncnc(C)c1C1(CN)CC1. The highest BCUT2D eigenvalue weighted by molar-refractivity contribution is 5.37. The van der Waals surface area contributed by atoms with Gasteiger partial charge in [-0.2, -0.15) is 0 Å². The van der Waals surface area contributed by atoms with Gasteiger partial charge >= 0.3 is 0 Å². The lowest BCUT2D eigenvalue weighted by Crippen LogP contribution is -2.22. The van der Waals surface area contributed by atoms with Gasteiger partial charge in [0.2, 0.25) is 0 Å². The molecule has 1 aromatic rings. The van der Waals surface area contributed by atoms with E-state index in [9.17, 15) is 0 Å². The van der Waals surface area contributed by atoms with Crippen LogP contribution in [0, 0.1) is 13.8 Å². The minimum absolute atomic E-state index is 0.218. The van der Waals surface area contributed by atoms with Gasteiger partial charge in [0.15, 0.2) is 0 Å². The molecule has 2 N–H and O–H groups in total. The minimum atomic E-state index is 0.218. The van der Waals surface area contributed by atoms with Gasteiger partial charge in [-0.25, -0.2) is 9.97 Å². The van der Waals surface area contributed by atoms with Gasteiger partial charge in [-0.15, -0.1) is 0 Å². The van der Waals surface area contributed by atoms with Gasteiger partial charge in [0, 0.05) is 28.9 Å². The Balaban J connectivity index is 2.50. The number of hydrogen-bond donors (Lipinski definition) is 1. The van der Waals surface area contributed by atoms with Crippen molar-refractivity contribution in [1.82, 2.24) is 9.97 Å². The molecular formula is C10H15N3. The van der Waals surface area contributed by atoms with Crippen LogP contribution < -0.4 is 5.73 Å². The van der Waals surface area contributed by atoms with Crippen LogP contribution in [-0.2, 0) is 5.41 Å². The molecule has 0 saturated heterocycles. The highest BCUT2D eigenvalue weighted by atomic mass is 14.9. The third-order valence-electron chi connectivity index (χ3n) is 3.00. The third kappa shape index (κ3) is 1.23. The Morgan fingerprint density at radius 3 is 2.23 bits per heavy atom. The van der Waals surface area contributed by atoms with Gasteiger partial charge < -0.3 is 5.73 Å². The number of aromatic nitrogens is 2. The Hall–Kier alpha value is -0.960. The molecule has 70 valence electrons. The molecule has 0 unspecified atom stereocenters. The van der Waals surface area contributed by atoms with E-state index >= 15 is 0 Å². The minimum Gasteiger partial charge on any atom is -0.330 e. The standard InChI is InChI=1S/C10H15N3/c1-7-9(8(2)13-6-12-7)10(5-11)3-4-10/h6H,3-5,11H2,1-2H3. The molecule has 13 heavy (non-hydrogen) atoms. The maximum absolute atomic E-state index is 5.78.